The van der Waals surface area contributed by atoms with Gasteiger partial charge in [-0.15, -0.1) is 0 Å². The average molecular weight is 580 g/mol. The minimum Gasteiger partial charge on any atom is -0.388 e. The van der Waals surface area contributed by atoms with Crippen LogP contribution < -0.4 is 0 Å². The fourth-order valence-corrected chi connectivity index (χ4v) is 4.72. The first-order valence-electron chi connectivity index (χ1n) is 10.1. The molecule has 2 aliphatic rings. The summed E-state index contributed by atoms with van der Waals surface area (Å²) < 4.78 is 31.8. The van der Waals surface area contributed by atoms with Crippen molar-refractivity contribution < 1.29 is 18.1 Å². The number of halogens is 2. The molecule has 0 spiro atoms. The highest BCUT2D eigenvalue weighted by molar-refractivity contribution is 9.10. The van der Waals surface area contributed by atoms with E-state index >= 15 is 0 Å². The highest BCUT2D eigenvalue weighted by Crippen LogP contribution is 2.32. The molecule has 168 valence electrons. The summed E-state index contributed by atoms with van der Waals surface area (Å²) in [6, 6.07) is 18.5. The molecule has 0 aliphatic heterocycles. The molecule has 0 radical (unpaired) electrons. The fraction of sp³-hybridized carbons (Fsp3) is 0.200. The number of aliphatic hydroxyl groups is 1. The van der Waals surface area contributed by atoms with Crippen LogP contribution in [-0.2, 0) is 23.0 Å². The highest BCUT2D eigenvalue weighted by atomic mass is 79.9. The van der Waals surface area contributed by atoms with E-state index in [1.54, 1.807) is 12.1 Å². The van der Waals surface area contributed by atoms with E-state index in [4.69, 9.17) is 4.55 Å². The van der Waals surface area contributed by atoms with Crippen LogP contribution in [0.1, 0.15) is 40.3 Å². The number of allylic oxidation sites excluding steroid dienone is 1. The van der Waals surface area contributed by atoms with Crippen molar-refractivity contribution in [1.29, 1.82) is 0 Å². The second-order valence-corrected chi connectivity index (χ2v) is 10.9. The van der Waals surface area contributed by atoms with Gasteiger partial charge >= 0.3 is 0 Å². The quantitative estimate of drug-likeness (QED) is 0.315. The van der Waals surface area contributed by atoms with Crippen LogP contribution in [0.2, 0.25) is 0 Å². The van der Waals surface area contributed by atoms with Crippen molar-refractivity contribution in [2.75, 3.05) is 0 Å². The molecule has 0 fully saturated rings. The first-order chi connectivity index (χ1) is 15.1. The highest BCUT2D eigenvalue weighted by Gasteiger charge is 2.19. The van der Waals surface area contributed by atoms with E-state index < -0.39 is 10.1 Å². The van der Waals surface area contributed by atoms with E-state index in [9.17, 15) is 13.5 Å². The van der Waals surface area contributed by atoms with Crippen LogP contribution in [0, 0.1) is 6.92 Å². The first kappa shape index (κ1) is 24.9. The lowest BCUT2D eigenvalue weighted by Crippen LogP contribution is -1.96. The molecule has 0 saturated carbocycles. The molecular weight excluding hydrogens is 556 g/mol. The van der Waals surface area contributed by atoms with Crippen LogP contribution in [0.4, 0.5) is 0 Å². The lowest BCUT2D eigenvalue weighted by molar-refractivity contribution is 0.180. The van der Waals surface area contributed by atoms with Gasteiger partial charge in [-0.3, -0.25) is 4.55 Å². The molecule has 2 aliphatic carbocycles. The Hall–Kier alpha value is -1.77. The number of aryl methyl sites for hydroxylation is 2. The Morgan fingerprint density at radius 1 is 0.906 bits per heavy atom. The number of aliphatic hydroxyl groups excluding tert-OH is 1. The maximum atomic E-state index is 10.5. The van der Waals surface area contributed by atoms with E-state index in [0.29, 0.717) is 0 Å². The molecule has 32 heavy (non-hydrogen) atoms. The van der Waals surface area contributed by atoms with Crippen LogP contribution in [0.3, 0.4) is 0 Å². The lowest BCUT2D eigenvalue weighted by Gasteiger charge is -2.02. The summed E-state index contributed by atoms with van der Waals surface area (Å²) in [6.07, 6.45) is 7.12. The molecule has 0 heterocycles. The molecule has 1 atom stereocenters. The molecule has 2 N–H and O–H groups in total. The van der Waals surface area contributed by atoms with Gasteiger partial charge in [-0.1, -0.05) is 73.8 Å². The van der Waals surface area contributed by atoms with Crippen molar-refractivity contribution >= 4 is 48.1 Å². The van der Waals surface area contributed by atoms with Crippen LogP contribution in [-0.4, -0.2) is 18.1 Å². The monoisotopic (exact) mass is 578 g/mol. The molecule has 5 rings (SSSR count). The topological polar surface area (TPSA) is 74.6 Å². The second-order valence-electron chi connectivity index (χ2n) is 7.64. The standard InChI is InChI=1S/C9H9BrO.C9H7Br.C7H8O3S/c10-7-3-1-6-2-4-9(11)8(6)5-7;10-9-5-4-7-2-1-3-8(7)6-9;1-6-2-4-7(5-3-6)11(8,9)10/h1,3,5,9,11H,2,4H2;1,3-6H,2H2;2-5H,1H3,(H,8,9,10). The third-order valence-electron chi connectivity index (χ3n) is 5.22. The Morgan fingerprint density at radius 3 is 2.19 bits per heavy atom. The summed E-state index contributed by atoms with van der Waals surface area (Å²) in [5, 5.41) is 9.48. The van der Waals surface area contributed by atoms with Crippen LogP contribution in [0.5, 0.6) is 0 Å². The lowest BCUT2D eigenvalue weighted by atomic mass is 10.1. The van der Waals surface area contributed by atoms with Crippen molar-refractivity contribution in [2.24, 2.45) is 0 Å². The molecule has 0 amide bonds. The van der Waals surface area contributed by atoms with Crippen molar-refractivity contribution in [3.8, 4) is 0 Å². The van der Waals surface area contributed by atoms with Crippen molar-refractivity contribution in [3.05, 3.63) is 104 Å². The summed E-state index contributed by atoms with van der Waals surface area (Å²) in [7, 11) is -4.02. The Labute approximate surface area is 206 Å². The van der Waals surface area contributed by atoms with Crippen LogP contribution in [0.15, 0.2) is 80.6 Å². The van der Waals surface area contributed by atoms with Gasteiger partial charge < -0.3 is 5.11 Å². The third-order valence-corrected chi connectivity index (χ3v) is 7.07. The molecular formula is C25H24Br2O4S. The molecule has 3 aromatic carbocycles. The Balaban J connectivity index is 0.000000136. The first-order valence-corrected chi connectivity index (χ1v) is 13.1. The fourth-order valence-electron chi connectivity index (χ4n) is 3.48. The predicted octanol–water partition coefficient (Wildman–Crippen LogP) is 6.69. The minimum absolute atomic E-state index is 0.0666. The molecule has 3 aromatic rings. The normalized spacial score (nSPS) is 15.7. The predicted molar refractivity (Wildman–Crippen MR) is 135 cm³/mol. The summed E-state index contributed by atoms with van der Waals surface area (Å²) in [6.45, 7) is 1.84. The number of rotatable bonds is 1. The van der Waals surface area contributed by atoms with Gasteiger partial charge in [0.15, 0.2) is 0 Å². The van der Waals surface area contributed by atoms with Gasteiger partial charge in [0.1, 0.15) is 0 Å². The van der Waals surface area contributed by atoms with Crippen molar-refractivity contribution in [1.82, 2.24) is 0 Å². The molecule has 0 aromatic heterocycles. The third kappa shape index (κ3) is 6.86. The molecule has 0 saturated heterocycles. The van der Waals surface area contributed by atoms with E-state index in [2.05, 4.69) is 68.3 Å². The smallest absolute Gasteiger partial charge is 0.294 e. The Kier molecular flexibility index (Phi) is 8.47. The summed E-state index contributed by atoms with van der Waals surface area (Å²) >= 11 is 6.81. The molecule has 1 unspecified atom stereocenters. The summed E-state index contributed by atoms with van der Waals surface area (Å²) in [5.41, 5.74) is 6.13. The van der Waals surface area contributed by atoms with Crippen LogP contribution in [0.25, 0.3) is 6.08 Å². The van der Waals surface area contributed by atoms with Gasteiger partial charge in [-0.25, -0.2) is 0 Å². The van der Waals surface area contributed by atoms with Gasteiger partial charge in [0.2, 0.25) is 0 Å². The zero-order chi connectivity index (χ0) is 23.3. The van der Waals surface area contributed by atoms with E-state index in [-0.39, 0.29) is 11.0 Å². The van der Waals surface area contributed by atoms with Gasteiger partial charge in [0.05, 0.1) is 11.0 Å². The van der Waals surface area contributed by atoms with Gasteiger partial charge in [0, 0.05) is 8.95 Å². The maximum Gasteiger partial charge on any atom is 0.294 e. The largest absolute Gasteiger partial charge is 0.388 e. The van der Waals surface area contributed by atoms with Gasteiger partial charge in [0.25, 0.3) is 10.1 Å². The Bertz CT molecular complexity index is 1220. The van der Waals surface area contributed by atoms with E-state index in [0.717, 1.165) is 39.3 Å². The SMILES string of the molecule is Brc1ccc2c(c1)C=CC2.Cc1ccc(S(=O)(=O)O)cc1.OC1CCc2ccc(Br)cc21. The van der Waals surface area contributed by atoms with Gasteiger partial charge in [-0.2, -0.15) is 8.42 Å². The van der Waals surface area contributed by atoms with E-state index in [1.165, 1.54) is 28.8 Å². The Morgan fingerprint density at radius 2 is 1.53 bits per heavy atom. The van der Waals surface area contributed by atoms with Crippen LogP contribution >= 0.6 is 31.9 Å². The second kappa shape index (κ2) is 10.9. The number of fused-ring (bicyclic) bond motifs is 2. The van der Waals surface area contributed by atoms with Gasteiger partial charge in [-0.05, 0) is 84.8 Å². The zero-order valence-corrected chi connectivity index (χ0v) is 21.5. The van der Waals surface area contributed by atoms with Crippen molar-refractivity contribution in [2.45, 2.75) is 37.2 Å². The van der Waals surface area contributed by atoms with E-state index in [1.807, 2.05) is 19.1 Å². The molecule has 4 nitrogen and oxygen atoms in total. The summed E-state index contributed by atoms with van der Waals surface area (Å²) in [4.78, 5) is -0.0666. The molecule has 0 bridgehead atoms. The zero-order valence-electron chi connectivity index (χ0n) is 17.5. The number of hydrogen-bond donors (Lipinski definition) is 2. The minimum atomic E-state index is -4.02. The number of hydrogen-bond acceptors (Lipinski definition) is 3. The molecule has 7 heteroatoms. The number of benzene rings is 3. The average Bonchev–Trinajstić information content (AvgIpc) is 3.35. The van der Waals surface area contributed by atoms with Crippen molar-refractivity contribution in [3.63, 3.8) is 0 Å². The summed E-state index contributed by atoms with van der Waals surface area (Å²) in [5.74, 6) is 0. The maximum absolute atomic E-state index is 10.5.